The summed E-state index contributed by atoms with van der Waals surface area (Å²) in [7, 11) is 0. The van der Waals surface area contributed by atoms with Crippen LogP contribution in [0.3, 0.4) is 0 Å². The summed E-state index contributed by atoms with van der Waals surface area (Å²) in [5.74, 6) is -0.106. The number of carboxylic acids is 1. The number of aromatic amines is 1. The van der Waals surface area contributed by atoms with Gasteiger partial charge >= 0.3 is 5.97 Å². The Labute approximate surface area is 148 Å². The van der Waals surface area contributed by atoms with Gasteiger partial charge in [0.2, 0.25) is 5.82 Å². The zero-order chi connectivity index (χ0) is 18.1. The lowest BCUT2D eigenvalue weighted by Crippen LogP contribution is -2.32. The predicted octanol–water partition coefficient (Wildman–Crippen LogP) is 2.84. The van der Waals surface area contributed by atoms with E-state index < -0.39 is 12.0 Å². The van der Waals surface area contributed by atoms with Crippen molar-refractivity contribution in [3.05, 3.63) is 60.3 Å². The van der Waals surface area contributed by atoms with E-state index in [9.17, 15) is 4.79 Å². The van der Waals surface area contributed by atoms with E-state index >= 15 is 0 Å². The Hall–Kier alpha value is -3.45. The summed E-state index contributed by atoms with van der Waals surface area (Å²) < 4.78 is 5.38. The van der Waals surface area contributed by atoms with Crippen LogP contribution in [0.2, 0.25) is 0 Å². The largest absolute Gasteiger partial charge is 0.480 e. The van der Waals surface area contributed by atoms with Gasteiger partial charge in [0.1, 0.15) is 6.04 Å². The van der Waals surface area contributed by atoms with Gasteiger partial charge in [0.05, 0.1) is 0 Å². The first-order valence-corrected chi connectivity index (χ1v) is 8.09. The van der Waals surface area contributed by atoms with Crippen molar-refractivity contribution < 1.29 is 14.4 Å². The van der Waals surface area contributed by atoms with Gasteiger partial charge in [0.15, 0.2) is 0 Å². The summed E-state index contributed by atoms with van der Waals surface area (Å²) in [5.41, 5.74) is 9.02. The molecule has 0 aliphatic heterocycles. The first-order chi connectivity index (χ1) is 12.6. The fraction of sp³-hybridized carbons (Fsp3) is 0.105. The van der Waals surface area contributed by atoms with Gasteiger partial charge in [0.25, 0.3) is 5.89 Å². The van der Waals surface area contributed by atoms with Gasteiger partial charge in [-0.15, -0.1) is 0 Å². The van der Waals surface area contributed by atoms with Gasteiger partial charge in [-0.25, -0.2) is 0 Å². The van der Waals surface area contributed by atoms with Crippen LogP contribution < -0.4 is 5.73 Å². The number of carbonyl (C=O) groups is 1. The number of rotatable bonds is 5. The molecule has 0 fully saturated rings. The number of nitrogens with zero attached hydrogens (tertiary/aromatic N) is 2. The number of hydrogen-bond donors (Lipinski definition) is 3. The maximum atomic E-state index is 10.8. The molecule has 0 aliphatic carbocycles. The minimum atomic E-state index is -1.02. The number of nitrogens with one attached hydrogen (secondary N) is 1. The van der Waals surface area contributed by atoms with Crippen LogP contribution in [0.1, 0.15) is 5.56 Å². The van der Waals surface area contributed by atoms with Crippen LogP contribution in [0.4, 0.5) is 0 Å². The molecular weight excluding hydrogens is 332 g/mol. The lowest BCUT2D eigenvalue weighted by atomic mass is 10.0. The lowest BCUT2D eigenvalue weighted by Gasteiger charge is -2.06. The third-order valence-electron chi connectivity index (χ3n) is 4.21. The van der Waals surface area contributed by atoms with Crippen LogP contribution in [0.25, 0.3) is 33.7 Å². The third kappa shape index (κ3) is 3.07. The molecule has 4 rings (SSSR count). The second-order valence-electron chi connectivity index (χ2n) is 6.05. The molecule has 26 heavy (non-hydrogen) atoms. The van der Waals surface area contributed by atoms with Crippen LogP contribution >= 0.6 is 0 Å². The van der Waals surface area contributed by atoms with Crippen LogP contribution in [-0.4, -0.2) is 32.2 Å². The van der Waals surface area contributed by atoms with E-state index in [2.05, 4.69) is 15.1 Å². The molecule has 2 heterocycles. The van der Waals surface area contributed by atoms with E-state index in [1.54, 1.807) is 0 Å². The minimum absolute atomic E-state index is 0.267. The van der Waals surface area contributed by atoms with Crippen molar-refractivity contribution in [3.63, 3.8) is 0 Å². The maximum absolute atomic E-state index is 10.8. The number of nitrogens with two attached hydrogens (primary N) is 1. The topological polar surface area (TPSA) is 118 Å². The molecular formula is C19H16N4O3. The molecule has 1 atom stereocenters. The number of benzene rings is 2. The van der Waals surface area contributed by atoms with Gasteiger partial charge in [-0.1, -0.05) is 35.5 Å². The Bertz CT molecular complexity index is 1070. The monoisotopic (exact) mass is 348 g/mol. The van der Waals surface area contributed by atoms with Crippen molar-refractivity contribution >= 4 is 16.9 Å². The van der Waals surface area contributed by atoms with E-state index in [0.717, 1.165) is 27.6 Å². The van der Waals surface area contributed by atoms with E-state index in [0.29, 0.717) is 11.7 Å². The molecule has 0 unspecified atom stereocenters. The summed E-state index contributed by atoms with van der Waals surface area (Å²) >= 11 is 0. The molecule has 2 aromatic carbocycles. The molecule has 0 spiro atoms. The molecule has 0 saturated heterocycles. The third-order valence-corrected chi connectivity index (χ3v) is 4.21. The highest BCUT2D eigenvalue weighted by molar-refractivity contribution is 5.83. The van der Waals surface area contributed by atoms with E-state index in [-0.39, 0.29) is 6.42 Å². The van der Waals surface area contributed by atoms with Crippen LogP contribution in [0, 0.1) is 0 Å². The zero-order valence-electron chi connectivity index (χ0n) is 13.7. The highest BCUT2D eigenvalue weighted by atomic mass is 16.5. The van der Waals surface area contributed by atoms with Gasteiger partial charge in [-0.3, -0.25) is 4.79 Å². The van der Waals surface area contributed by atoms with Gasteiger partial charge in [0, 0.05) is 22.8 Å². The predicted molar refractivity (Wildman–Crippen MR) is 96.3 cm³/mol. The van der Waals surface area contributed by atoms with Gasteiger partial charge < -0.3 is 20.3 Å². The molecule has 0 bridgehead atoms. The SMILES string of the molecule is N[C@@H](Cc1ccc(-c2noc(-c3ccc4cc[nH]c4c3)n2)cc1)C(=O)O. The first kappa shape index (κ1) is 16.0. The number of aliphatic carboxylic acids is 1. The van der Waals surface area contributed by atoms with E-state index in [4.69, 9.17) is 15.4 Å². The summed E-state index contributed by atoms with van der Waals surface area (Å²) in [6.07, 6.45) is 2.15. The summed E-state index contributed by atoms with van der Waals surface area (Å²) in [5, 5.41) is 14.0. The second kappa shape index (κ2) is 6.45. The molecule has 4 N–H and O–H groups in total. The molecule has 0 amide bonds. The fourth-order valence-corrected chi connectivity index (χ4v) is 2.77. The van der Waals surface area contributed by atoms with Crippen molar-refractivity contribution in [1.82, 2.24) is 15.1 Å². The van der Waals surface area contributed by atoms with Crippen LogP contribution in [-0.2, 0) is 11.2 Å². The fourth-order valence-electron chi connectivity index (χ4n) is 2.77. The number of fused-ring (bicyclic) bond motifs is 1. The Morgan fingerprint density at radius 1 is 1.15 bits per heavy atom. The molecule has 0 radical (unpaired) electrons. The zero-order valence-corrected chi connectivity index (χ0v) is 13.7. The van der Waals surface area contributed by atoms with Crippen molar-refractivity contribution in [3.8, 4) is 22.8 Å². The van der Waals surface area contributed by atoms with E-state index in [1.807, 2.05) is 54.7 Å². The summed E-state index contributed by atoms with van der Waals surface area (Å²) in [4.78, 5) is 18.4. The number of aromatic nitrogens is 3. The minimum Gasteiger partial charge on any atom is -0.480 e. The average molecular weight is 348 g/mol. The van der Waals surface area contributed by atoms with Gasteiger partial charge in [-0.2, -0.15) is 4.98 Å². The van der Waals surface area contributed by atoms with Crippen molar-refractivity contribution in [2.75, 3.05) is 0 Å². The Morgan fingerprint density at radius 3 is 2.69 bits per heavy atom. The van der Waals surface area contributed by atoms with Gasteiger partial charge in [-0.05, 0) is 35.6 Å². The lowest BCUT2D eigenvalue weighted by molar-refractivity contribution is -0.138. The smallest absolute Gasteiger partial charge is 0.320 e. The number of H-pyrrole nitrogens is 1. The number of carboxylic acid groups (broad SMARTS) is 1. The maximum Gasteiger partial charge on any atom is 0.320 e. The average Bonchev–Trinajstić information content (AvgIpc) is 3.31. The molecule has 0 saturated carbocycles. The van der Waals surface area contributed by atoms with E-state index in [1.165, 1.54) is 0 Å². The first-order valence-electron chi connectivity index (χ1n) is 8.09. The highest BCUT2D eigenvalue weighted by Gasteiger charge is 2.14. The van der Waals surface area contributed by atoms with Crippen molar-refractivity contribution in [1.29, 1.82) is 0 Å². The quantitative estimate of drug-likeness (QED) is 0.510. The van der Waals surface area contributed by atoms with Crippen molar-refractivity contribution in [2.24, 2.45) is 5.73 Å². The number of hydrogen-bond acceptors (Lipinski definition) is 5. The molecule has 7 nitrogen and oxygen atoms in total. The van der Waals surface area contributed by atoms with Crippen LogP contribution in [0.5, 0.6) is 0 Å². The molecule has 7 heteroatoms. The Balaban J connectivity index is 1.56. The summed E-state index contributed by atoms with van der Waals surface area (Å²) in [6, 6.07) is 14.3. The highest BCUT2D eigenvalue weighted by Crippen LogP contribution is 2.25. The normalized spacial score (nSPS) is 12.3. The molecule has 130 valence electrons. The molecule has 4 aromatic rings. The molecule has 2 aromatic heterocycles. The standard InChI is InChI=1S/C19H16N4O3/c20-15(19(24)25)9-11-1-3-13(4-2-11)17-22-18(26-23-17)14-6-5-12-7-8-21-16(12)10-14/h1-8,10,15,21H,9,20H2,(H,24,25)/t15-/m0/s1. The van der Waals surface area contributed by atoms with Crippen molar-refractivity contribution in [2.45, 2.75) is 12.5 Å². The molecule has 0 aliphatic rings. The summed E-state index contributed by atoms with van der Waals surface area (Å²) in [6.45, 7) is 0. The second-order valence-corrected chi connectivity index (χ2v) is 6.05. The Morgan fingerprint density at radius 2 is 1.92 bits per heavy atom. The Kier molecular flexibility index (Phi) is 3.98. The van der Waals surface area contributed by atoms with Crippen LogP contribution in [0.15, 0.2) is 59.3 Å².